The molecular formula is C21H22N4O3S. The van der Waals surface area contributed by atoms with Crippen LogP contribution in [-0.2, 0) is 21.1 Å². The average Bonchev–Trinajstić information content (AvgIpc) is 2.97. The number of ether oxygens (including phenoxy) is 1. The van der Waals surface area contributed by atoms with Crippen LogP contribution in [-0.4, -0.2) is 36.7 Å². The summed E-state index contributed by atoms with van der Waals surface area (Å²) in [5.41, 5.74) is 10.3. The first kappa shape index (κ1) is 19.4. The van der Waals surface area contributed by atoms with Crippen molar-refractivity contribution in [2.24, 2.45) is 0 Å². The van der Waals surface area contributed by atoms with Gasteiger partial charge in [0, 0.05) is 13.7 Å². The third kappa shape index (κ3) is 3.14. The van der Waals surface area contributed by atoms with Crippen molar-refractivity contribution in [2.75, 3.05) is 19.5 Å². The lowest BCUT2D eigenvalue weighted by Crippen LogP contribution is -2.10. The van der Waals surface area contributed by atoms with Gasteiger partial charge in [-0.2, -0.15) is 0 Å². The number of anilines is 1. The van der Waals surface area contributed by atoms with Crippen LogP contribution in [0.3, 0.4) is 0 Å². The van der Waals surface area contributed by atoms with Crippen LogP contribution in [0.5, 0.6) is 0 Å². The van der Waals surface area contributed by atoms with Gasteiger partial charge in [-0.25, -0.2) is 18.4 Å². The van der Waals surface area contributed by atoms with Gasteiger partial charge in [-0.05, 0) is 49.2 Å². The number of nitrogens with two attached hydrogens (primary N) is 1. The Morgan fingerprint density at radius 2 is 1.72 bits per heavy atom. The number of para-hydroxylation sites is 2. The van der Waals surface area contributed by atoms with E-state index in [1.807, 2.05) is 32.0 Å². The number of hydrogen-bond donors (Lipinski definition) is 1. The molecule has 4 aromatic rings. The molecule has 8 heteroatoms. The fourth-order valence-corrected chi connectivity index (χ4v) is 4.95. The number of methoxy groups -OCH3 is 1. The minimum absolute atomic E-state index is 0.00916. The monoisotopic (exact) mass is 410 g/mol. The van der Waals surface area contributed by atoms with Gasteiger partial charge in [0.2, 0.25) is 9.84 Å². The van der Waals surface area contributed by atoms with Gasteiger partial charge >= 0.3 is 0 Å². The predicted molar refractivity (Wildman–Crippen MR) is 113 cm³/mol. The lowest BCUT2D eigenvalue weighted by atomic mass is 10.1. The highest BCUT2D eigenvalue weighted by Gasteiger charge is 2.30. The molecule has 4 rings (SSSR count). The molecule has 0 unspecified atom stereocenters. The van der Waals surface area contributed by atoms with Crippen molar-refractivity contribution in [3.63, 3.8) is 0 Å². The summed E-state index contributed by atoms with van der Waals surface area (Å²) < 4.78 is 34.0. The molecule has 2 aromatic carbocycles. The largest absolute Gasteiger partial charge is 0.384 e. The summed E-state index contributed by atoms with van der Waals surface area (Å²) in [5, 5.41) is 0. The number of nitrogen functional groups attached to an aromatic ring is 1. The molecule has 2 aromatic heterocycles. The van der Waals surface area contributed by atoms with Crippen LogP contribution in [0.1, 0.15) is 11.1 Å². The Bertz CT molecular complexity index is 1340. The minimum Gasteiger partial charge on any atom is -0.384 e. The van der Waals surface area contributed by atoms with E-state index in [-0.39, 0.29) is 21.1 Å². The molecule has 2 N–H and O–H groups in total. The summed E-state index contributed by atoms with van der Waals surface area (Å²) in [5.74, 6) is 0.116. The summed E-state index contributed by atoms with van der Waals surface area (Å²) in [6.45, 7) is 4.56. The maximum atomic E-state index is 13.6. The van der Waals surface area contributed by atoms with Crippen molar-refractivity contribution >= 4 is 37.9 Å². The predicted octanol–water partition coefficient (Wildman–Crippen LogP) is 3.26. The van der Waals surface area contributed by atoms with Crippen LogP contribution in [0, 0.1) is 13.8 Å². The summed E-state index contributed by atoms with van der Waals surface area (Å²) >= 11 is 0. The highest BCUT2D eigenvalue weighted by Crippen LogP contribution is 2.35. The van der Waals surface area contributed by atoms with E-state index in [0.717, 1.165) is 11.1 Å². The van der Waals surface area contributed by atoms with Crippen LogP contribution in [0.25, 0.3) is 22.2 Å². The zero-order chi connectivity index (χ0) is 20.8. The van der Waals surface area contributed by atoms with Crippen LogP contribution < -0.4 is 5.73 Å². The summed E-state index contributed by atoms with van der Waals surface area (Å²) in [7, 11) is -2.32. The number of fused-ring (bicyclic) bond motifs is 2. The van der Waals surface area contributed by atoms with Gasteiger partial charge in [0.05, 0.1) is 22.5 Å². The topological polar surface area (TPSA) is 100 Å². The maximum Gasteiger partial charge on any atom is 0.212 e. The van der Waals surface area contributed by atoms with Crippen molar-refractivity contribution in [3.8, 4) is 0 Å². The van der Waals surface area contributed by atoms with Crippen LogP contribution >= 0.6 is 0 Å². The van der Waals surface area contributed by atoms with Gasteiger partial charge in [-0.15, -0.1) is 0 Å². The number of benzene rings is 2. The fourth-order valence-electron chi connectivity index (χ4n) is 3.36. The standard InChI is InChI=1S/C21H22N4O3S/c1-13-8-9-15(12-14(13)2)29(26,27)19-18-21(25(20(19)22)10-11-28-3)24-17-7-5-4-6-16(17)23-18/h4-9,12H,10-11,22H2,1-3H3. The summed E-state index contributed by atoms with van der Waals surface area (Å²) in [6.07, 6.45) is 0. The molecular weight excluding hydrogens is 388 g/mol. The van der Waals surface area contributed by atoms with Gasteiger partial charge in [0.15, 0.2) is 5.65 Å². The molecule has 0 bridgehead atoms. The summed E-state index contributed by atoms with van der Waals surface area (Å²) in [6, 6.07) is 12.4. The molecule has 0 radical (unpaired) electrons. The van der Waals surface area contributed by atoms with Crippen molar-refractivity contribution in [3.05, 3.63) is 53.6 Å². The zero-order valence-electron chi connectivity index (χ0n) is 16.5. The Morgan fingerprint density at radius 1 is 1.03 bits per heavy atom. The minimum atomic E-state index is -3.90. The molecule has 0 atom stereocenters. The number of nitrogens with zero attached hydrogens (tertiary/aromatic N) is 3. The lowest BCUT2D eigenvalue weighted by molar-refractivity contribution is 0.188. The van der Waals surface area contributed by atoms with Gasteiger partial charge in [0.1, 0.15) is 16.2 Å². The Morgan fingerprint density at radius 3 is 2.38 bits per heavy atom. The van der Waals surface area contributed by atoms with Gasteiger partial charge in [-0.3, -0.25) is 0 Å². The van der Waals surface area contributed by atoms with E-state index in [2.05, 4.69) is 9.97 Å². The first-order chi connectivity index (χ1) is 13.8. The Hall–Kier alpha value is -2.97. The average molecular weight is 410 g/mol. The Labute approximate surface area is 169 Å². The number of rotatable bonds is 5. The number of aryl methyl sites for hydroxylation is 2. The quantitative estimate of drug-likeness (QED) is 0.542. The molecule has 0 fully saturated rings. The first-order valence-electron chi connectivity index (χ1n) is 9.20. The van der Waals surface area contributed by atoms with E-state index < -0.39 is 9.84 Å². The van der Waals surface area contributed by atoms with Gasteiger partial charge < -0.3 is 15.0 Å². The molecule has 0 aliphatic heterocycles. The molecule has 0 saturated carbocycles. The second-order valence-corrected chi connectivity index (χ2v) is 8.88. The van der Waals surface area contributed by atoms with E-state index in [1.165, 1.54) is 0 Å². The summed E-state index contributed by atoms with van der Waals surface area (Å²) in [4.78, 5) is 9.45. The van der Waals surface area contributed by atoms with Crippen molar-refractivity contribution < 1.29 is 13.2 Å². The van der Waals surface area contributed by atoms with E-state index in [4.69, 9.17) is 10.5 Å². The maximum absolute atomic E-state index is 13.6. The fraction of sp³-hybridized carbons (Fsp3) is 0.238. The van der Waals surface area contributed by atoms with E-state index in [0.29, 0.717) is 29.8 Å². The van der Waals surface area contributed by atoms with E-state index in [1.54, 1.807) is 35.9 Å². The molecule has 0 saturated heterocycles. The normalized spacial score (nSPS) is 12.1. The first-order valence-corrected chi connectivity index (χ1v) is 10.7. The molecule has 0 spiro atoms. The van der Waals surface area contributed by atoms with Gasteiger partial charge in [0.25, 0.3) is 0 Å². The van der Waals surface area contributed by atoms with Crippen molar-refractivity contribution in [1.29, 1.82) is 0 Å². The molecule has 7 nitrogen and oxygen atoms in total. The lowest BCUT2D eigenvalue weighted by Gasteiger charge is -2.08. The number of hydrogen-bond acceptors (Lipinski definition) is 6. The third-order valence-electron chi connectivity index (χ3n) is 5.12. The van der Waals surface area contributed by atoms with E-state index in [9.17, 15) is 8.42 Å². The van der Waals surface area contributed by atoms with Crippen molar-refractivity contribution in [1.82, 2.24) is 14.5 Å². The van der Waals surface area contributed by atoms with Gasteiger partial charge in [-0.1, -0.05) is 18.2 Å². The van der Waals surface area contributed by atoms with Crippen LogP contribution in [0.4, 0.5) is 5.82 Å². The van der Waals surface area contributed by atoms with Crippen LogP contribution in [0.2, 0.25) is 0 Å². The zero-order valence-corrected chi connectivity index (χ0v) is 17.3. The highest BCUT2D eigenvalue weighted by molar-refractivity contribution is 7.92. The SMILES string of the molecule is COCCn1c(N)c(S(=O)(=O)c2ccc(C)c(C)c2)c2nc3ccccc3nc21. The number of sulfone groups is 1. The van der Waals surface area contributed by atoms with E-state index >= 15 is 0 Å². The van der Waals surface area contributed by atoms with Crippen LogP contribution in [0.15, 0.2) is 52.3 Å². The Kier molecular flexibility index (Phi) is 4.76. The Balaban J connectivity index is 2.05. The second kappa shape index (κ2) is 7.13. The smallest absolute Gasteiger partial charge is 0.212 e. The highest BCUT2D eigenvalue weighted by atomic mass is 32.2. The second-order valence-electron chi connectivity index (χ2n) is 6.99. The van der Waals surface area contributed by atoms with Crippen molar-refractivity contribution in [2.45, 2.75) is 30.2 Å². The molecule has 2 heterocycles. The molecule has 150 valence electrons. The molecule has 0 amide bonds. The third-order valence-corrected chi connectivity index (χ3v) is 6.94. The molecule has 0 aliphatic rings. The number of aromatic nitrogens is 3. The molecule has 0 aliphatic carbocycles. The molecule has 29 heavy (non-hydrogen) atoms.